The Bertz CT molecular complexity index is 2940. The van der Waals surface area contributed by atoms with E-state index < -0.39 is 20.6 Å². The fourth-order valence-electron chi connectivity index (χ4n) is 10.3. The molecule has 2 aliphatic rings. The molecular formula is C55H40NOPSi. The summed E-state index contributed by atoms with van der Waals surface area (Å²) in [6, 6.07) is 87.6. The van der Waals surface area contributed by atoms with Crippen molar-refractivity contribution in [2.75, 3.05) is 4.90 Å². The van der Waals surface area contributed by atoms with E-state index in [9.17, 15) is 0 Å². The predicted octanol–water partition coefficient (Wildman–Crippen LogP) is 9.18. The quantitative estimate of drug-likeness (QED) is 0.124. The molecule has 0 amide bonds. The van der Waals surface area contributed by atoms with E-state index >= 15 is 4.57 Å². The summed E-state index contributed by atoms with van der Waals surface area (Å²) in [5.74, 6) is 0. The number of para-hydroxylation sites is 2. The molecule has 0 fully saturated rings. The van der Waals surface area contributed by atoms with Crippen molar-refractivity contribution in [1.82, 2.24) is 0 Å². The van der Waals surface area contributed by atoms with Crippen molar-refractivity contribution in [3.05, 3.63) is 265 Å². The van der Waals surface area contributed by atoms with Crippen molar-refractivity contribution < 1.29 is 4.57 Å². The van der Waals surface area contributed by atoms with Gasteiger partial charge in [-0.15, -0.1) is 0 Å². The van der Waals surface area contributed by atoms with Crippen LogP contribution in [0.3, 0.4) is 0 Å². The number of hydrogen-bond donors (Lipinski definition) is 0. The Kier molecular flexibility index (Phi) is 8.37. The molecule has 4 heteroatoms. The van der Waals surface area contributed by atoms with Crippen LogP contribution in [0.1, 0.15) is 22.3 Å². The monoisotopic (exact) mass is 789 g/mol. The van der Waals surface area contributed by atoms with E-state index in [0.717, 1.165) is 43.9 Å². The zero-order chi connectivity index (χ0) is 39.4. The highest BCUT2D eigenvalue weighted by Gasteiger charge is 2.53. The third-order valence-corrected chi connectivity index (χ3v) is 20.7. The molecular weight excluding hydrogens is 750 g/mol. The molecule has 59 heavy (non-hydrogen) atoms. The van der Waals surface area contributed by atoms with E-state index in [0.29, 0.717) is 0 Å². The highest BCUT2D eigenvalue weighted by atomic mass is 31.2. The van der Waals surface area contributed by atoms with Gasteiger partial charge in [0, 0.05) is 33.0 Å². The van der Waals surface area contributed by atoms with Gasteiger partial charge >= 0.3 is 0 Å². The third kappa shape index (κ3) is 5.02. The van der Waals surface area contributed by atoms with Crippen LogP contribution in [-0.2, 0) is 9.98 Å². The lowest BCUT2D eigenvalue weighted by Gasteiger charge is -2.48. The molecule has 0 atom stereocenters. The van der Waals surface area contributed by atoms with Crippen LogP contribution in [0.2, 0.25) is 0 Å². The highest BCUT2D eigenvalue weighted by Crippen LogP contribution is 2.57. The lowest BCUT2D eigenvalue weighted by atomic mass is 9.64. The van der Waals surface area contributed by atoms with E-state index in [-0.39, 0.29) is 0 Å². The van der Waals surface area contributed by atoms with Gasteiger partial charge in [-0.1, -0.05) is 218 Å². The number of rotatable bonds is 6. The molecule has 2 aliphatic heterocycles. The molecule has 0 aliphatic carbocycles. The first kappa shape index (κ1) is 35.4. The fraction of sp³-hybridized carbons (Fsp3) is 0.0182. The number of fused-ring (bicyclic) bond motifs is 4. The minimum absolute atomic E-state index is 0.797. The first-order valence-electron chi connectivity index (χ1n) is 20.3. The summed E-state index contributed by atoms with van der Waals surface area (Å²) in [7, 11) is -6.34. The molecule has 0 saturated heterocycles. The summed E-state index contributed by atoms with van der Waals surface area (Å²) in [6.07, 6.45) is 0. The largest absolute Gasteiger partial charge is 0.311 e. The summed E-state index contributed by atoms with van der Waals surface area (Å²) >= 11 is 0. The molecule has 0 N–H and O–H groups in total. The third-order valence-electron chi connectivity index (χ3n) is 12.7. The van der Waals surface area contributed by atoms with Crippen LogP contribution < -0.4 is 41.6 Å². The van der Waals surface area contributed by atoms with Gasteiger partial charge in [-0.3, -0.25) is 0 Å². The van der Waals surface area contributed by atoms with Gasteiger partial charge in [0.25, 0.3) is 0 Å². The van der Waals surface area contributed by atoms with Crippen molar-refractivity contribution in [2.45, 2.75) is 5.41 Å². The molecule has 0 aromatic heterocycles. The molecule has 280 valence electrons. The minimum Gasteiger partial charge on any atom is -0.311 e. The normalized spacial score (nSPS) is 18.5. The van der Waals surface area contributed by atoms with E-state index in [2.05, 4.69) is 217 Å². The molecule has 0 bridgehead atoms. The Labute approximate surface area is 347 Å². The SMILES string of the molecule is O=P1(c2ccccc2)c2ccccc2C(c2ccccc2)(c2ccc3c(c2)[Si](c2ccccc2)(c2ccccc2)c2ccccc2N3c2ccccc2)c2ccccc21. The standard InChI is InChI=1S/C55H40NOPSi/c57-58(44-26-10-3-11-27-44)51-35-19-16-32-47(51)55(41-22-6-1-7-23-41,48-33-17-20-36-52(48)58)42-38-39-50-54(40-42)59(45-28-12-4-13-29-45,46-30-14-5-15-31-46)53-37-21-18-34-49(53)56(50)43-24-8-2-9-25-43/h1-40H. The van der Waals surface area contributed by atoms with Crippen LogP contribution in [-0.4, -0.2) is 8.07 Å². The molecule has 9 aromatic rings. The fourth-order valence-corrected chi connectivity index (χ4v) is 18.6. The maximum atomic E-state index is 16.3. The van der Waals surface area contributed by atoms with Crippen LogP contribution in [0.25, 0.3) is 0 Å². The van der Waals surface area contributed by atoms with Gasteiger partial charge in [0.1, 0.15) is 0 Å². The number of hydrogen-bond acceptors (Lipinski definition) is 2. The van der Waals surface area contributed by atoms with Crippen molar-refractivity contribution in [3.63, 3.8) is 0 Å². The first-order valence-corrected chi connectivity index (χ1v) is 24.0. The van der Waals surface area contributed by atoms with E-state index in [1.54, 1.807) is 0 Å². The van der Waals surface area contributed by atoms with Crippen molar-refractivity contribution in [1.29, 1.82) is 0 Å². The Balaban J connectivity index is 1.32. The second-order valence-corrected chi connectivity index (χ2v) is 21.9. The first-order chi connectivity index (χ1) is 29.2. The lowest BCUT2D eigenvalue weighted by Crippen LogP contribution is -2.77. The lowest BCUT2D eigenvalue weighted by molar-refractivity contribution is 0.590. The summed E-state index contributed by atoms with van der Waals surface area (Å²) < 4.78 is 16.3. The smallest absolute Gasteiger partial charge is 0.184 e. The second kappa shape index (κ2) is 14.0. The Morgan fingerprint density at radius 2 is 0.847 bits per heavy atom. The predicted molar refractivity (Wildman–Crippen MR) is 250 cm³/mol. The highest BCUT2D eigenvalue weighted by molar-refractivity contribution is 7.85. The zero-order valence-corrected chi connectivity index (χ0v) is 34.3. The molecule has 0 spiro atoms. The molecule has 9 aromatic carbocycles. The van der Waals surface area contributed by atoms with Gasteiger partial charge < -0.3 is 9.46 Å². The van der Waals surface area contributed by atoms with Crippen LogP contribution in [0.15, 0.2) is 243 Å². The summed E-state index contributed by atoms with van der Waals surface area (Å²) in [5, 5.41) is 7.94. The topological polar surface area (TPSA) is 20.3 Å². The molecule has 0 radical (unpaired) electrons. The van der Waals surface area contributed by atoms with Gasteiger partial charge in [-0.05, 0) is 67.3 Å². The van der Waals surface area contributed by atoms with Gasteiger partial charge in [0.2, 0.25) is 0 Å². The van der Waals surface area contributed by atoms with E-state index in [1.807, 2.05) is 30.3 Å². The Hall–Kier alpha value is -6.77. The van der Waals surface area contributed by atoms with E-state index in [4.69, 9.17) is 0 Å². The van der Waals surface area contributed by atoms with Crippen molar-refractivity contribution >= 4 is 68.9 Å². The summed E-state index contributed by atoms with van der Waals surface area (Å²) in [4.78, 5) is 2.47. The van der Waals surface area contributed by atoms with E-state index in [1.165, 1.54) is 32.1 Å². The average Bonchev–Trinajstić information content (AvgIpc) is 3.32. The Morgan fingerprint density at radius 1 is 0.390 bits per heavy atom. The number of nitrogens with zero attached hydrogens (tertiary/aromatic N) is 1. The summed E-state index contributed by atoms with van der Waals surface area (Å²) in [5.41, 5.74) is 7.10. The van der Waals surface area contributed by atoms with Crippen LogP contribution in [0, 0.1) is 0 Å². The number of benzene rings is 9. The maximum absolute atomic E-state index is 16.3. The van der Waals surface area contributed by atoms with Crippen LogP contribution in [0.4, 0.5) is 17.1 Å². The maximum Gasteiger partial charge on any atom is 0.184 e. The zero-order valence-electron chi connectivity index (χ0n) is 32.4. The van der Waals surface area contributed by atoms with Gasteiger partial charge in [-0.25, -0.2) is 0 Å². The van der Waals surface area contributed by atoms with Crippen molar-refractivity contribution in [2.24, 2.45) is 0 Å². The average molecular weight is 790 g/mol. The van der Waals surface area contributed by atoms with Crippen LogP contribution in [0.5, 0.6) is 0 Å². The van der Waals surface area contributed by atoms with Gasteiger partial charge in [0.05, 0.1) is 5.41 Å². The molecule has 2 heterocycles. The molecule has 0 unspecified atom stereocenters. The minimum atomic E-state index is -3.30. The Morgan fingerprint density at radius 3 is 1.44 bits per heavy atom. The van der Waals surface area contributed by atoms with Crippen molar-refractivity contribution in [3.8, 4) is 0 Å². The van der Waals surface area contributed by atoms with Gasteiger partial charge in [-0.2, -0.15) is 0 Å². The second-order valence-electron chi connectivity index (χ2n) is 15.5. The molecule has 11 rings (SSSR count). The van der Waals surface area contributed by atoms with Crippen LogP contribution >= 0.6 is 7.14 Å². The number of anilines is 3. The molecule has 2 nitrogen and oxygen atoms in total. The summed E-state index contributed by atoms with van der Waals surface area (Å²) in [6.45, 7) is 0. The molecule has 0 saturated carbocycles. The van der Waals surface area contributed by atoms with Gasteiger partial charge in [0.15, 0.2) is 15.2 Å².